The SMILES string of the molecule is CN1C2CC[C@H]1[C@H](COc1ccc(Cl)cc1)[C@@H](c1ccc(F)cc1)C2. The normalized spacial score (nSPS) is 28.9. The van der Waals surface area contributed by atoms with Crippen LogP contribution in [-0.2, 0) is 0 Å². The van der Waals surface area contributed by atoms with Crippen molar-refractivity contribution in [2.24, 2.45) is 5.92 Å². The van der Waals surface area contributed by atoms with E-state index < -0.39 is 0 Å². The molecule has 2 saturated heterocycles. The van der Waals surface area contributed by atoms with Crippen molar-refractivity contribution in [3.05, 3.63) is 64.9 Å². The molecule has 2 aromatic rings. The number of piperidine rings is 1. The summed E-state index contributed by atoms with van der Waals surface area (Å²) in [6.07, 6.45) is 3.58. The van der Waals surface area contributed by atoms with E-state index in [1.54, 1.807) is 12.1 Å². The molecule has 0 spiro atoms. The molecule has 0 aromatic heterocycles. The third-order valence-corrected chi connectivity index (χ3v) is 6.24. The van der Waals surface area contributed by atoms with Crippen LogP contribution < -0.4 is 4.74 Å². The summed E-state index contributed by atoms with van der Waals surface area (Å²) in [7, 11) is 2.23. The van der Waals surface area contributed by atoms with Gasteiger partial charge in [-0.2, -0.15) is 0 Å². The van der Waals surface area contributed by atoms with E-state index in [4.69, 9.17) is 16.3 Å². The van der Waals surface area contributed by atoms with Gasteiger partial charge in [0.05, 0.1) is 6.61 Å². The average Bonchev–Trinajstić information content (AvgIpc) is 2.86. The standard InChI is InChI=1S/C21H23ClFNO/c1-24-17-8-11-21(24)20(13-25-18-9-4-15(22)5-10-18)19(12-17)14-2-6-16(23)7-3-14/h2-7,9-10,17,19-21H,8,11-13H2,1H3/t17?,19-,20-,21+/m1/s1. The second kappa shape index (κ2) is 6.97. The van der Waals surface area contributed by atoms with Crippen molar-refractivity contribution in [1.82, 2.24) is 4.90 Å². The summed E-state index contributed by atoms with van der Waals surface area (Å²) in [6.45, 7) is 0.672. The highest BCUT2D eigenvalue weighted by Gasteiger charge is 2.46. The summed E-state index contributed by atoms with van der Waals surface area (Å²) in [4.78, 5) is 2.52. The Kier molecular flexibility index (Phi) is 4.70. The van der Waals surface area contributed by atoms with E-state index in [-0.39, 0.29) is 5.82 Å². The predicted octanol–water partition coefficient (Wildman–Crippen LogP) is 5.12. The molecule has 2 nitrogen and oxygen atoms in total. The maximum absolute atomic E-state index is 13.3. The molecule has 2 heterocycles. The Morgan fingerprint density at radius 3 is 2.52 bits per heavy atom. The molecule has 0 radical (unpaired) electrons. The smallest absolute Gasteiger partial charge is 0.123 e. The largest absolute Gasteiger partial charge is 0.493 e. The van der Waals surface area contributed by atoms with Crippen molar-refractivity contribution in [2.75, 3.05) is 13.7 Å². The molecule has 1 unspecified atom stereocenters. The topological polar surface area (TPSA) is 12.5 Å². The fourth-order valence-electron chi connectivity index (χ4n) is 4.62. The van der Waals surface area contributed by atoms with Crippen LogP contribution in [0.2, 0.25) is 5.02 Å². The summed E-state index contributed by atoms with van der Waals surface area (Å²) < 4.78 is 19.5. The lowest BCUT2D eigenvalue weighted by atomic mass is 9.76. The highest BCUT2D eigenvalue weighted by atomic mass is 35.5. The van der Waals surface area contributed by atoms with Crippen LogP contribution in [0.4, 0.5) is 4.39 Å². The van der Waals surface area contributed by atoms with Crippen molar-refractivity contribution >= 4 is 11.6 Å². The highest BCUT2D eigenvalue weighted by Crippen LogP contribution is 2.46. The lowest BCUT2D eigenvalue weighted by Crippen LogP contribution is -2.47. The van der Waals surface area contributed by atoms with Gasteiger partial charge in [-0.1, -0.05) is 23.7 Å². The molecular weight excluding hydrogens is 337 g/mol. The summed E-state index contributed by atoms with van der Waals surface area (Å²) in [5, 5.41) is 0.715. The average molecular weight is 360 g/mol. The number of rotatable bonds is 4. The van der Waals surface area contributed by atoms with Gasteiger partial charge in [0, 0.05) is 23.0 Å². The number of nitrogens with zero attached hydrogens (tertiary/aromatic N) is 1. The van der Waals surface area contributed by atoms with Gasteiger partial charge >= 0.3 is 0 Å². The van der Waals surface area contributed by atoms with E-state index in [2.05, 4.69) is 11.9 Å². The van der Waals surface area contributed by atoms with E-state index in [9.17, 15) is 4.39 Å². The number of benzene rings is 2. The zero-order valence-electron chi connectivity index (χ0n) is 14.4. The monoisotopic (exact) mass is 359 g/mol. The molecule has 0 amide bonds. The lowest BCUT2D eigenvalue weighted by Gasteiger charge is -2.43. The molecule has 0 aliphatic carbocycles. The van der Waals surface area contributed by atoms with E-state index in [1.165, 1.54) is 18.4 Å². The minimum Gasteiger partial charge on any atom is -0.493 e. The maximum Gasteiger partial charge on any atom is 0.123 e. The second-order valence-corrected chi connectivity index (χ2v) is 7.72. The number of hydrogen-bond donors (Lipinski definition) is 0. The van der Waals surface area contributed by atoms with Crippen LogP contribution in [0.25, 0.3) is 0 Å². The molecule has 4 atom stereocenters. The van der Waals surface area contributed by atoms with Crippen molar-refractivity contribution in [2.45, 2.75) is 37.3 Å². The lowest BCUT2D eigenvalue weighted by molar-refractivity contribution is 0.0665. The first kappa shape index (κ1) is 16.9. The molecule has 2 fully saturated rings. The summed E-state index contributed by atoms with van der Waals surface area (Å²) in [5.41, 5.74) is 1.23. The van der Waals surface area contributed by atoms with Gasteiger partial charge in [-0.25, -0.2) is 4.39 Å². The first-order valence-corrected chi connectivity index (χ1v) is 9.35. The Labute approximate surface area is 153 Å². The molecule has 0 N–H and O–H groups in total. The number of fused-ring (bicyclic) bond motifs is 2. The maximum atomic E-state index is 13.3. The zero-order chi connectivity index (χ0) is 17.4. The third-order valence-electron chi connectivity index (χ3n) is 5.99. The van der Waals surface area contributed by atoms with Gasteiger partial charge in [0.2, 0.25) is 0 Å². The third kappa shape index (κ3) is 3.40. The fourth-order valence-corrected chi connectivity index (χ4v) is 4.75. The van der Waals surface area contributed by atoms with Crippen LogP contribution in [0.3, 0.4) is 0 Å². The number of halogens is 2. The minimum absolute atomic E-state index is 0.173. The molecule has 132 valence electrons. The first-order chi connectivity index (χ1) is 12.1. The Morgan fingerprint density at radius 1 is 1.08 bits per heavy atom. The molecule has 4 heteroatoms. The molecule has 0 saturated carbocycles. The molecular formula is C21H23ClFNO. The van der Waals surface area contributed by atoms with Gasteiger partial charge in [0.25, 0.3) is 0 Å². The van der Waals surface area contributed by atoms with Crippen molar-refractivity contribution < 1.29 is 9.13 Å². The molecule has 4 rings (SSSR count). The van der Waals surface area contributed by atoms with Gasteiger partial charge in [0.1, 0.15) is 11.6 Å². The van der Waals surface area contributed by atoms with Crippen LogP contribution >= 0.6 is 11.6 Å². The Hall–Kier alpha value is -1.58. The number of hydrogen-bond acceptors (Lipinski definition) is 2. The summed E-state index contributed by atoms with van der Waals surface area (Å²) >= 11 is 5.95. The van der Waals surface area contributed by atoms with Gasteiger partial charge in [-0.05, 0) is 74.2 Å². The molecule has 2 aliphatic rings. The highest BCUT2D eigenvalue weighted by molar-refractivity contribution is 6.30. The van der Waals surface area contributed by atoms with Crippen LogP contribution in [0, 0.1) is 11.7 Å². The van der Waals surface area contributed by atoms with Crippen molar-refractivity contribution in [3.8, 4) is 5.75 Å². The Bertz CT molecular complexity index is 718. The fraction of sp³-hybridized carbons (Fsp3) is 0.429. The van der Waals surface area contributed by atoms with Gasteiger partial charge < -0.3 is 9.64 Å². The quantitative estimate of drug-likeness (QED) is 0.750. The van der Waals surface area contributed by atoms with Crippen molar-refractivity contribution in [3.63, 3.8) is 0 Å². The van der Waals surface area contributed by atoms with Crippen LogP contribution in [0.5, 0.6) is 5.75 Å². The van der Waals surface area contributed by atoms with Crippen LogP contribution in [-0.4, -0.2) is 30.6 Å². The van der Waals surface area contributed by atoms with E-state index in [0.717, 1.165) is 12.2 Å². The molecule has 2 aliphatic heterocycles. The van der Waals surface area contributed by atoms with Crippen LogP contribution in [0.1, 0.15) is 30.7 Å². The minimum atomic E-state index is -0.173. The van der Waals surface area contributed by atoms with Crippen molar-refractivity contribution in [1.29, 1.82) is 0 Å². The van der Waals surface area contributed by atoms with Gasteiger partial charge in [-0.15, -0.1) is 0 Å². The number of ether oxygens (including phenoxy) is 1. The van der Waals surface area contributed by atoms with E-state index in [1.807, 2.05) is 36.4 Å². The zero-order valence-corrected chi connectivity index (χ0v) is 15.1. The molecule has 25 heavy (non-hydrogen) atoms. The van der Waals surface area contributed by atoms with Gasteiger partial charge in [-0.3, -0.25) is 0 Å². The summed E-state index contributed by atoms with van der Waals surface area (Å²) in [5.74, 6) is 1.50. The van der Waals surface area contributed by atoms with Crippen LogP contribution in [0.15, 0.2) is 48.5 Å². The summed E-state index contributed by atoms with van der Waals surface area (Å²) in [6, 6.07) is 15.7. The van der Waals surface area contributed by atoms with E-state index >= 15 is 0 Å². The molecule has 2 bridgehead atoms. The second-order valence-electron chi connectivity index (χ2n) is 7.29. The first-order valence-electron chi connectivity index (χ1n) is 8.97. The Morgan fingerprint density at radius 2 is 1.80 bits per heavy atom. The van der Waals surface area contributed by atoms with E-state index in [0.29, 0.717) is 35.5 Å². The Balaban J connectivity index is 1.56. The molecule has 2 aromatic carbocycles. The van der Waals surface area contributed by atoms with Gasteiger partial charge in [0.15, 0.2) is 0 Å². The predicted molar refractivity (Wildman–Crippen MR) is 98.8 cm³/mol.